The number of carbonyl (C=O) groups is 2. The van der Waals surface area contributed by atoms with Crippen LogP contribution in [-0.2, 0) is 33.3 Å². The molecule has 4 unspecified atom stereocenters. The Morgan fingerprint density at radius 2 is 1.62 bits per heavy atom. The minimum absolute atomic E-state index is 0.517. The van der Waals surface area contributed by atoms with Gasteiger partial charge in [0.2, 0.25) is 5.91 Å². The number of carboxylic acids is 1. The van der Waals surface area contributed by atoms with Crippen LogP contribution in [0.4, 0.5) is 0 Å². The van der Waals surface area contributed by atoms with E-state index < -0.39 is 79.8 Å². The van der Waals surface area contributed by atoms with Gasteiger partial charge in [-0.3, -0.25) is 4.79 Å². The fraction of sp³-hybridized carbons (Fsp3) is 0.875. The molecule has 2 aliphatic rings. The zero-order chi connectivity index (χ0) is 21.9. The van der Waals surface area contributed by atoms with Crippen molar-refractivity contribution < 1.29 is 58.8 Å². The number of methoxy groups -OCH3 is 2. The lowest BCUT2D eigenvalue weighted by molar-refractivity contribution is -0.339. The lowest BCUT2D eigenvalue weighted by Crippen LogP contribution is -2.68. The predicted octanol–water partition coefficient (Wildman–Crippen LogP) is -3.85. The molecular formula is C16H27NO12. The summed E-state index contributed by atoms with van der Waals surface area (Å²) in [5.74, 6) is -1.98. The molecule has 2 aliphatic heterocycles. The molecule has 0 aromatic rings. The summed E-state index contributed by atoms with van der Waals surface area (Å²) in [4.78, 5) is 23.0. The quantitative estimate of drug-likeness (QED) is 0.233. The monoisotopic (exact) mass is 425 g/mol. The molecular weight excluding hydrogens is 398 g/mol. The number of hydrogen-bond donors (Lipinski definition) is 6. The molecule has 168 valence electrons. The van der Waals surface area contributed by atoms with Crippen LogP contribution in [0.3, 0.4) is 0 Å². The van der Waals surface area contributed by atoms with E-state index in [2.05, 4.69) is 5.32 Å². The first-order valence-corrected chi connectivity index (χ1v) is 8.83. The summed E-state index contributed by atoms with van der Waals surface area (Å²) < 4.78 is 26.3. The first-order valence-electron chi connectivity index (χ1n) is 8.83. The smallest absolute Gasteiger partial charge is 0.335 e. The van der Waals surface area contributed by atoms with Crippen LogP contribution in [0, 0.1) is 0 Å². The van der Waals surface area contributed by atoms with Gasteiger partial charge in [-0.1, -0.05) is 0 Å². The van der Waals surface area contributed by atoms with Crippen molar-refractivity contribution in [3.8, 4) is 0 Å². The van der Waals surface area contributed by atoms with Crippen LogP contribution in [0.25, 0.3) is 0 Å². The van der Waals surface area contributed by atoms with E-state index in [1.54, 1.807) is 0 Å². The van der Waals surface area contributed by atoms with E-state index in [0.717, 1.165) is 7.11 Å². The average molecular weight is 425 g/mol. The van der Waals surface area contributed by atoms with E-state index in [1.165, 1.54) is 14.0 Å². The lowest BCUT2D eigenvalue weighted by Gasteiger charge is -2.47. The zero-order valence-electron chi connectivity index (χ0n) is 16.1. The molecule has 0 radical (unpaired) electrons. The minimum Gasteiger partial charge on any atom is -0.479 e. The minimum atomic E-state index is -1.74. The van der Waals surface area contributed by atoms with Crippen molar-refractivity contribution in [2.24, 2.45) is 0 Å². The third-order valence-electron chi connectivity index (χ3n) is 4.81. The SMILES string of the molecule is CO[C@@H]1OC(CO)[C@H](O)[C@H](O[C@@H]2OC(C(=O)O)[C@H](OC)[C@H](O)C2O)C1NC(C)=O. The Hall–Kier alpha value is -1.42. The van der Waals surface area contributed by atoms with Gasteiger partial charge in [0.1, 0.15) is 42.7 Å². The lowest BCUT2D eigenvalue weighted by atomic mass is 9.95. The third-order valence-corrected chi connectivity index (χ3v) is 4.81. The molecule has 0 spiro atoms. The van der Waals surface area contributed by atoms with Gasteiger partial charge in [-0.15, -0.1) is 0 Å². The summed E-state index contributed by atoms with van der Waals surface area (Å²) in [5, 5.41) is 52.3. The van der Waals surface area contributed by atoms with Crippen LogP contribution in [0.15, 0.2) is 0 Å². The highest BCUT2D eigenvalue weighted by Crippen LogP contribution is 2.30. The van der Waals surface area contributed by atoms with Crippen LogP contribution in [0.2, 0.25) is 0 Å². The topological polar surface area (TPSA) is 193 Å². The summed E-state index contributed by atoms with van der Waals surface area (Å²) in [6.45, 7) is 0.585. The Morgan fingerprint density at radius 3 is 2.10 bits per heavy atom. The van der Waals surface area contributed by atoms with Crippen molar-refractivity contribution in [2.45, 2.75) is 68.3 Å². The van der Waals surface area contributed by atoms with Gasteiger partial charge in [-0.25, -0.2) is 4.79 Å². The number of nitrogens with one attached hydrogen (secondary N) is 1. The first-order chi connectivity index (χ1) is 13.7. The molecule has 2 heterocycles. The second-order valence-electron chi connectivity index (χ2n) is 6.72. The van der Waals surface area contributed by atoms with E-state index in [9.17, 15) is 35.1 Å². The summed E-state index contributed by atoms with van der Waals surface area (Å²) in [6.07, 6.45) is -13.3. The van der Waals surface area contributed by atoms with Gasteiger partial charge in [0, 0.05) is 21.1 Å². The van der Waals surface area contributed by atoms with Crippen LogP contribution >= 0.6 is 0 Å². The second-order valence-corrected chi connectivity index (χ2v) is 6.72. The Morgan fingerprint density at radius 1 is 0.966 bits per heavy atom. The zero-order valence-corrected chi connectivity index (χ0v) is 16.1. The van der Waals surface area contributed by atoms with Crippen molar-refractivity contribution in [3.63, 3.8) is 0 Å². The van der Waals surface area contributed by atoms with Crippen molar-refractivity contribution in [1.29, 1.82) is 0 Å². The molecule has 2 rings (SSSR count). The molecule has 0 aromatic carbocycles. The maximum Gasteiger partial charge on any atom is 0.335 e. The van der Waals surface area contributed by atoms with Crippen molar-refractivity contribution in [1.82, 2.24) is 5.32 Å². The average Bonchev–Trinajstić information content (AvgIpc) is 2.67. The van der Waals surface area contributed by atoms with Crippen molar-refractivity contribution >= 4 is 11.9 Å². The molecule has 0 aromatic heterocycles. The van der Waals surface area contributed by atoms with Gasteiger partial charge in [0.05, 0.1) is 6.61 Å². The number of ether oxygens (including phenoxy) is 5. The largest absolute Gasteiger partial charge is 0.479 e. The number of amides is 1. The normalized spacial score (nSPS) is 43.0. The maximum absolute atomic E-state index is 11.6. The van der Waals surface area contributed by atoms with Crippen molar-refractivity contribution in [3.05, 3.63) is 0 Å². The first kappa shape index (κ1) is 23.9. The summed E-state index contributed by atoms with van der Waals surface area (Å²) >= 11 is 0. The molecule has 0 saturated carbocycles. The number of hydrogen-bond acceptors (Lipinski definition) is 11. The number of rotatable bonds is 7. The van der Waals surface area contributed by atoms with Crippen LogP contribution in [0.1, 0.15) is 6.92 Å². The molecule has 13 nitrogen and oxygen atoms in total. The van der Waals surface area contributed by atoms with E-state index >= 15 is 0 Å². The number of aliphatic carboxylic acids is 1. The fourth-order valence-corrected chi connectivity index (χ4v) is 3.39. The second kappa shape index (κ2) is 10.1. The highest BCUT2D eigenvalue weighted by Gasteiger charge is 2.53. The molecule has 10 atom stereocenters. The molecule has 0 aliphatic carbocycles. The van der Waals surface area contributed by atoms with Crippen LogP contribution in [0.5, 0.6) is 0 Å². The highest BCUT2D eigenvalue weighted by atomic mass is 16.7. The number of carboxylic acid groups (broad SMARTS) is 1. The van der Waals surface area contributed by atoms with E-state index in [-0.39, 0.29) is 0 Å². The summed E-state index contributed by atoms with van der Waals surface area (Å²) in [6, 6.07) is -1.10. The Balaban J connectivity index is 2.30. The van der Waals surface area contributed by atoms with E-state index in [0.29, 0.717) is 0 Å². The number of aliphatic hydroxyl groups excluding tert-OH is 4. The molecule has 2 fully saturated rings. The van der Waals surface area contributed by atoms with Gasteiger partial charge in [-0.05, 0) is 0 Å². The Bertz CT molecular complexity index is 576. The Labute approximate surface area is 166 Å². The maximum atomic E-state index is 11.6. The molecule has 29 heavy (non-hydrogen) atoms. The van der Waals surface area contributed by atoms with Gasteiger partial charge in [-0.2, -0.15) is 0 Å². The molecule has 6 N–H and O–H groups in total. The van der Waals surface area contributed by atoms with Crippen molar-refractivity contribution in [2.75, 3.05) is 20.8 Å². The molecule has 2 saturated heterocycles. The van der Waals surface area contributed by atoms with E-state index in [4.69, 9.17) is 23.7 Å². The van der Waals surface area contributed by atoms with Gasteiger partial charge < -0.3 is 54.5 Å². The molecule has 0 bridgehead atoms. The van der Waals surface area contributed by atoms with E-state index in [1.807, 2.05) is 0 Å². The number of carbonyl (C=O) groups excluding carboxylic acids is 1. The highest BCUT2D eigenvalue weighted by molar-refractivity contribution is 5.73. The standard InChI is InChI=1S/C16H27NO12/c1-5(19)17-7-11(8(20)6(4-18)27-15(7)26-3)28-16-10(22)9(21)12(25-2)13(29-16)14(23)24/h6-13,15-16,18,20-22H,4H2,1-3H3,(H,17,19)(H,23,24)/t6?,7?,8-,9+,10?,11+,12+,13?,15+,16+/m0/s1. The third kappa shape index (κ3) is 5.02. The summed E-state index contributed by atoms with van der Waals surface area (Å²) in [5.41, 5.74) is 0. The number of aliphatic hydroxyl groups is 4. The van der Waals surface area contributed by atoms with Crippen LogP contribution < -0.4 is 5.32 Å². The van der Waals surface area contributed by atoms with Gasteiger partial charge >= 0.3 is 5.97 Å². The fourth-order valence-electron chi connectivity index (χ4n) is 3.39. The summed E-state index contributed by atoms with van der Waals surface area (Å²) in [7, 11) is 2.41. The molecule has 1 amide bonds. The Kier molecular flexibility index (Phi) is 8.28. The molecule has 13 heteroatoms. The predicted molar refractivity (Wildman–Crippen MR) is 90.3 cm³/mol. The van der Waals surface area contributed by atoms with Crippen LogP contribution in [-0.4, -0.2) is 120 Å². The van der Waals surface area contributed by atoms with Gasteiger partial charge in [0.25, 0.3) is 0 Å². The van der Waals surface area contributed by atoms with Gasteiger partial charge in [0.15, 0.2) is 18.7 Å².